The molecule has 0 radical (unpaired) electrons. The van der Waals surface area contributed by atoms with Crippen LogP contribution in [0.1, 0.15) is 38.5 Å². The van der Waals surface area contributed by atoms with E-state index in [1.807, 2.05) is 4.90 Å². The number of rotatable bonds is 4. The van der Waals surface area contributed by atoms with Crippen LogP contribution in [-0.2, 0) is 19.6 Å². The van der Waals surface area contributed by atoms with E-state index in [0.717, 1.165) is 45.3 Å². The third-order valence-electron chi connectivity index (χ3n) is 6.09. The average molecular weight is 382 g/mol. The maximum atomic E-state index is 12.7. The number of amides is 1. The van der Waals surface area contributed by atoms with Gasteiger partial charge >= 0.3 is 0 Å². The van der Waals surface area contributed by atoms with E-state index < -0.39 is 10.0 Å². The molecule has 26 heavy (non-hydrogen) atoms. The summed E-state index contributed by atoms with van der Waals surface area (Å²) < 4.78 is 32.5. The van der Waals surface area contributed by atoms with E-state index in [1.165, 1.54) is 12.4 Å². The number of piperidine rings is 2. The number of nitrogens with zero attached hydrogens (tertiary/aromatic N) is 3. The Kier molecular flexibility index (Phi) is 4.79. The van der Waals surface area contributed by atoms with Gasteiger partial charge in [0.2, 0.25) is 15.9 Å². The highest BCUT2D eigenvalue weighted by atomic mass is 32.2. The zero-order valence-corrected chi connectivity index (χ0v) is 15.7. The van der Waals surface area contributed by atoms with E-state index in [2.05, 4.69) is 10.2 Å². The van der Waals surface area contributed by atoms with Crippen LogP contribution in [0.3, 0.4) is 0 Å². The van der Waals surface area contributed by atoms with Crippen LogP contribution < -0.4 is 0 Å². The number of hydrogen-bond donors (Lipinski definition) is 1. The summed E-state index contributed by atoms with van der Waals surface area (Å²) in [5, 5.41) is 6.31. The summed E-state index contributed by atoms with van der Waals surface area (Å²) in [4.78, 5) is 14.5. The van der Waals surface area contributed by atoms with E-state index in [1.54, 1.807) is 4.31 Å². The Morgan fingerprint density at radius 3 is 2.77 bits per heavy atom. The highest BCUT2D eigenvalue weighted by Crippen LogP contribution is 2.41. The molecule has 3 aliphatic rings. The zero-order valence-electron chi connectivity index (χ0n) is 14.9. The van der Waals surface area contributed by atoms with Gasteiger partial charge in [0, 0.05) is 45.4 Å². The lowest BCUT2D eigenvalue weighted by molar-refractivity contribution is -0.140. The lowest BCUT2D eigenvalue weighted by Gasteiger charge is -2.47. The number of aromatic nitrogens is 2. The maximum Gasteiger partial charge on any atom is 0.246 e. The van der Waals surface area contributed by atoms with Gasteiger partial charge in [0.15, 0.2) is 0 Å². The third-order valence-corrected chi connectivity index (χ3v) is 7.95. The molecule has 1 spiro atoms. The van der Waals surface area contributed by atoms with Crippen LogP contribution in [0.5, 0.6) is 0 Å². The van der Waals surface area contributed by atoms with Gasteiger partial charge in [-0.15, -0.1) is 0 Å². The van der Waals surface area contributed by atoms with Crippen LogP contribution in [0, 0.1) is 5.41 Å². The molecule has 0 saturated carbocycles. The van der Waals surface area contributed by atoms with Crippen LogP contribution >= 0.6 is 0 Å². The number of H-pyrrole nitrogens is 1. The molecule has 1 aromatic rings. The third kappa shape index (κ3) is 3.39. The van der Waals surface area contributed by atoms with Gasteiger partial charge in [-0.3, -0.25) is 9.89 Å². The second kappa shape index (κ2) is 6.94. The van der Waals surface area contributed by atoms with Crippen molar-refractivity contribution in [1.82, 2.24) is 19.4 Å². The highest BCUT2D eigenvalue weighted by Gasteiger charge is 2.43. The lowest BCUT2D eigenvalue weighted by Crippen LogP contribution is -2.53. The number of carbonyl (C=O) groups is 1. The summed E-state index contributed by atoms with van der Waals surface area (Å²) in [5.74, 6) is 0.208. The molecule has 3 saturated heterocycles. The number of hydrogen-bond acceptors (Lipinski definition) is 5. The van der Waals surface area contributed by atoms with Crippen molar-refractivity contribution in [1.29, 1.82) is 0 Å². The summed E-state index contributed by atoms with van der Waals surface area (Å²) in [6.45, 7) is 3.19. The van der Waals surface area contributed by atoms with E-state index in [9.17, 15) is 13.2 Å². The average Bonchev–Trinajstić information content (AvgIpc) is 3.33. The van der Waals surface area contributed by atoms with Gasteiger partial charge in [-0.1, -0.05) is 0 Å². The standard InChI is InChI=1S/C17H26N4O4S/c22-16-3-4-17(13-20(16)12-14-2-1-9-25-14)5-7-21(8-6-17)26(23,24)15-10-18-19-11-15/h10-11,14H,1-9,12-13H2,(H,18,19). The van der Waals surface area contributed by atoms with Gasteiger partial charge in [-0.2, -0.15) is 9.40 Å². The normalized spacial score (nSPS) is 27.3. The van der Waals surface area contributed by atoms with Crippen molar-refractivity contribution in [3.8, 4) is 0 Å². The van der Waals surface area contributed by atoms with E-state index in [-0.39, 0.29) is 22.3 Å². The summed E-state index contributed by atoms with van der Waals surface area (Å²) in [7, 11) is -3.48. The lowest BCUT2D eigenvalue weighted by atomic mass is 9.72. The Labute approximate surface area is 153 Å². The molecule has 4 rings (SSSR count). The van der Waals surface area contributed by atoms with Crippen molar-refractivity contribution in [2.24, 2.45) is 5.41 Å². The minimum atomic E-state index is -3.48. The Morgan fingerprint density at radius 1 is 1.31 bits per heavy atom. The minimum absolute atomic E-state index is 0.0366. The van der Waals surface area contributed by atoms with Crippen LogP contribution in [0.25, 0.3) is 0 Å². The predicted molar refractivity (Wildman–Crippen MR) is 93.8 cm³/mol. The van der Waals surface area contributed by atoms with Gasteiger partial charge in [0.05, 0.1) is 12.3 Å². The van der Waals surface area contributed by atoms with Gasteiger partial charge in [0.1, 0.15) is 4.90 Å². The molecule has 1 aromatic heterocycles. The quantitative estimate of drug-likeness (QED) is 0.838. The molecule has 1 amide bonds. The number of likely N-dealkylation sites (tertiary alicyclic amines) is 1. The highest BCUT2D eigenvalue weighted by molar-refractivity contribution is 7.89. The zero-order chi connectivity index (χ0) is 18.2. The number of sulfonamides is 1. The summed E-state index contributed by atoms with van der Waals surface area (Å²) >= 11 is 0. The molecule has 3 aliphatic heterocycles. The second-order valence-electron chi connectivity index (χ2n) is 7.75. The molecule has 1 N–H and O–H groups in total. The summed E-state index contributed by atoms with van der Waals surface area (Å²) in [6.07, 6.45) is 8.01. The van der Waals surface area contributed by atoms with Crippen LogP contribution in [0.4, 0.5) is 0 Å². The van der Waals surface area contributed by atoms with Gasteiger partial charge in [0.25, 0.3) is 0 Å². The van der Waals surface area contributed by atoms with Crippen molar-refractivity contribution < 1.29 is 17.9 Å². The first-order chi connectivity index (χ1) is 12.5. The van der Waals surface area contributed by atoms with Crippen molar-refractivity contribution in [3.05, 3.63) is 12.4 Å². The van der Waals surface area contributed by atoms with Crippen LogP contribution in [-0.4, -0.2) is 72.6 Å². The number of nitrogens with one attached hydrogen (secondary N) is 1. The van der Waals surface area contributed by atoms with Crippen LogP contribution in [0.2, 0.25) is 0 Å². The van der Waals surface area contributed by atoms with Crippen molar-refractivity contribution in [3.63, 3.8) is 0 Å². The maximum absolute atomic E-state index is 12.7. The number of aromatic amines is 1. The SMILES string of the molecule is O=C1CCC2(CCN(S(=O)(=O)c3cn[nH]c3)CC2)CN1CC1CCCO1. The van der Waals surface area contributed by atoms with Crippen molar-refractivity contribution in [2.75, 3.05) is 32.8 Å². The van der Waals surface area contributed by atoms with E-state index >= 15 is 0 Å². The molecule has 0 aromatic carbocycles. The largest absolute Gasteiger partial charge is 0.376 e. The molecule has 4 heterocycles. The molecule has 1 unspecified atom stereocenters. The van der Waals surface area contributed by atoms with E-state index in [0.29, 0.717) is 26.1 Å². The minimum Gasteiger partial charge on any atom is -0.376 e. The van der Waals surface area contributed by atoms with Crippen LogP contribution in [0.15, 0.2) is 17.3 Å². The summed E-state index contributed by atoms with van der Waals surface area (Å²) in [6, 6.07) is 0. The first-order valence-electron chi connectivity index (χ1n) is 9.37. The number of ether oxygens (including phenoxy) is 1. The molecule has 0 aliphatic carbocycles. The van der Waals surface area contributed by atoms with Gasteiger partial charge in [-0.05, 0) is 37.5 Å². The number of carbonyl (C=O) groups excluding carboxylic acids is 1. The monoisotopic (exact) mass is 382 g/mol. The Morgan fingerprint density at radius 2 is 2.12 bits per heavy atom. The van der Waals surface area contributed by atoms with Gasteiger partial charge in [-0.25, -0.2) is 8.42 Å². The first kappa shape index (κ1) is 17.9. The Bertz CT molecular complexity index is 735. The fourth-order valence-corrected chi connectivity index (χ4v) is 5.79. The van der Waals surface area contributed by atoms with Crippen molar-refractivity contribution in [2.45, 2.75) is 49.5 Å². The molecule has 9 heteroatoms. The predicted octanol–water partition coefficient (Wildman–Crippen LogP) is 0.982. The molecular formula is C17H26N4O4S. The first-order valence-corrected chi connectivity index (χ1v) is 10.8. The Hall–Kier alpha value is -1.45. The molecule has 3 fully saturated rings. The fraction of sp³-hybridized carbons (Fsp3) is 0.765. The fourth-order valence-electron chi connectivity index (χ4n) is 4.44. The molecule has 8 nitrogen and oxygen atoms in total. The summed E-state index contributed by atoms with van der Waals surface area (Å²) in [5.41, 5.74) is 0.0366. The van der Waals surface area contributed by atoms with E-state index in [4.69, 9.17) is 4.74 Å². The van der Waals surface area contributed by atoms with Crippen molar-refractivity contribution >= 4 is 15.9 Å². The van der Waals surface area contributed by atoms with Gasteiger partial charge < -0.3 is 9.64 Å². The molecule has 144 valence electrons. The second-order valence-corrected chi connectivity index (χ2v) is 9.69. The molecule has 1 atom stereocenters. The molecule has 0 bridgehead atoms. The molecular weight excluding hydrogens is 356 g/mol. The smallest absolute Gasteiger partial charge is 0.246 e. The topological polar surface area (TPSA) is 95.6 Å². The Balaban J connectivity index is 1.40.